The summed E-state index contributed by atoms with van der Waals surface area (Å²) in [6.07, 6.45) is 2.12. The van der Waals surface area contributed by atoms with E-state index in [2.05, 4.69) is 15.4 Å². The molecule has 0 aliphatic heterocycles. The van der Waals surface area contributed by atoms with Gasteiger partial charge in [0.1, 0.15) is 11.9 Å². The number of hydrogen-bond acceptors (Lipinski definition) is 4. The predicted octanol–water partition coefficient (Wildman–Crippen LogP) is 0.466. The smallest absolute Gasteiger partial charge is 0.320 e. The Morgan fingerprint density at radius 3 is 2.65 bits per heavy atom. The van der Waals surface area contributed by atoms with E-state index in [4.69, 9.17) is 5.11 Å². The maximum atomic E-state index is 10.9. The van der Waals surface area contributed by atoms with Gasteiger partial charge in [0.15, 0.2) is 5.82 Å². The van der Waals surface area contributed by atoms with Crippen LogP contribution >= 0.6 is 0 Å². The molecule has 1 atom stereocenters. The first-order valence-electron chi connectivity index (χ1n) is 5.95. The molecule has 0 saturated heterocycles. The van der Waals surface area contributed by atoms with E-state index in [1.54, 1.807) is 7.05 Å². The second-order valence-electron chi connectivity index (χ2n) is 3.84. The number of carboxylic acid groups (broad SMARTS) is 1. The molecule has 96 valence electrons. The summed E-state index contributed by atoms with van der Waals surface area (Å²) in [6.45, 7) is 4.60. The Labute approximate surface area is 101 Å². The lowest BCUT2D eigenvalue weighted by Crippen LogP contribution is -2.35. The number of hydrogen-bond donors (Lipinski definition) is 2. The third kappa shape index (κ3) is 3.52. The van der Waals surface area contributed by atoms with Gasteiger partial charge in [0.05, 0.1) is 0 Å². The Kier molecular flexibility index (Phi) is 5.09. The predicted molar refractivity (Wildman–Crippen MR) is 63.9 cm³/mol. The summed E-state index contributed by atoms with van der Waals surface area (Å²) in [4.78, 5) is 15.2. The standard InChI is InChI=1S/C11H20N4O2/c1-4-9-13-10(5-2)15(14-9)7-6-8(12-3)11(16)17/h8,12H,4-7H2,1-3H3,(H,16,17). The number of carboxylic acids is 1. The van der Waals surface area contributed by atoms with Crippen molar-refractivity contribution < 1.29 is 9.90 Å². The zero-order chi connectivity index (χ0) is 12.8. The van der Waals surface area contributed by atoms with Crippen LogP contribution in [0.15, 0.2) is 0 Å². The molecule has 1 aromatic heterocycles. The van der Waals surface area contributed by atoms with Crippen LogP contribution in [0.25, 0.3) is 0 Å². The van der Waals surface area contributed by atoms with E-state index >= 15 is 0 Å². The minimum absolute atomic E-state index is 0.505. The van der Waals surface area contributed by atoms with Gasteiger partial charge in [-0.1, -0.05) is 13.8 Å². The summed E-state index contributed by atoms with van der Waals surface area (Å²) in [6, 6.07) is -0.533. The number of nitrogens with one attached hydrogen (secondary N) is 1. The summed E-state index contributed by atoms with van der Waals surface area (Å²) < 4.78 is 1.81. The van der Waals surface area contributed by atoms with Crippen molar-refractivity contribution in [2.45, 2.75) is 45.7 Å². The Morgan fingerprint density at radius 1 is 1.47 bits per heavy atom. The van der Waals surface area contributed by atoms with E-state index < -0.39 is 12.0 Å². The number of aliphatic carboxylic acids is 1. The third-order valence-electron chi connectivity index (χ3n) is 2.70. The summed E-state index contributed by atoms with van der Waals surface area (Å²) >= 11 is 0. The zero-order valence-electron chi connectivity index (χ0n) is 10.6. The van der Waals surface area contributed by atoms with Gasteiger partial charge >= 0.3 is 5.97 Å². The summed E-state index contributed by atoms with van der Waals surface area (Å²) in [5.41, 5.74) is 0. The average molecular weight is 240 g/mol. The molecule has 1 heterocycles. The maximum absolute atomic E-state index is 10.9. The van der Waals surface area contributed by atoms with Crippen LogP contribution in [0.4, 0.5) is 0 Å². The molecule has 0 radical (unpaired) electrons. The monoisotopic (exact) mass is 240 g/mol. The third-order valence-corrected chi connectivity index (χ3v) is 2.70. The van der Waals surface area contributed by atoms with Crippen LogP contribution in [-0.2, 0) is 24.2 Å². The van der Waals surface area contributed by atoms with Gasteiger partial charge in [0.25, 0.3) is 0 Å². The van der Waals surface area contributed by atoms with Gasteiger partial charge in [-0.15, -0.1) is 0 Å². The van der Waals surface area contributed by atoms with Crippen LogP contribution in [0.2, 0.25) is 0 Å². The molecule has 0 aliphatic carbocycles. The Hall–Kier alpha value is -1.43. The van der Waals surface area contributed by atoms with Gasteiger partial charge in [-0.25, -0.2) is 9.67 Å². The minimum Gasteiger partial charge on any atom is -0.480 e. The number of aromatic nitrogens is 3. The van der Waals surface area contributed by atoms with Crippen LogP contribution in [0, 0.1) is 0 Å². The highest BCUT2D eigenvalue weighted by Crippen LogP contribution is 2.04. The zero-order valence-corrected chi connectivity index (χ0v) is 10.6. The molecule has 1 unspecified atom stereocenters. The van der Waals surface area contributed by atoms with E-state index in [0.29, 0.717) is 13.0 Å². The van der Waals surface area contributed by atoms with Gasteiger partial charge in [0.2, 0.25) is 0 Å². The van der Waals surface area contributed by atoms with Crippen LogP contribution in [0.3, 0.4) is 0 Å². The largest absolute Gasteiger partial charge is 0.480 e. The number of aryl methyl sites for hydroxylation is 3. The molecular weight excluding hydrogens is 220 g/mol. The highest BCUT2D eigenvalue weighted by Gasteiger charge is 2.16. The molecule has 0 saturated carbocycles. The molecule has 2 N–H and O–H groups in total. The maximum Gasteiger partial charge on any atom is 0.320 e. The van der Waals surface area contributed by atoms with Gasteiger partial charge in [-0.05, 0) is 13.5 Å². The molecule has 0 bridgehead atoms. The van der Waals surface area contributed by atoms with Crippen molar-refractivity contribution in [2.24, 2.45) is 0 Å². The quantitative estimate of drug-likeness (QED) is 0.724. The molecule has 0 aliphatic rings. The first-order valence-corrected chi connectivity index (χ1v) is 5.95. The van der Waals surface area contributed by atoms with E-state index in [0.717, 1.165) is 24.5 Å². The number of carbonyl (C=O) groups is 1. The second kappa shape index (κ2) is 6.34. The molecule has 0 spiro atoms. The highest BCUT2D eigenvalue weighted by molar-refractivity contribution is 5.73. The summed E-state index contributed by atoms with van der Waals surface area (Å²) in [5.74, 6) is 0.904. The fourth-order valence-corrected chi connectivity index (χ4v) is 1.66. The van der Waals surface area contributed by atoms with Crippen molar-refractivity contribution in [2.75, 3.05) is 7.05 Å². The first-order chi connectivity index (χ1) is 8.12. The van der Waals surface area contributed by atoms with E-state index in [-0.39, 0.29) is 0 Å². The van der Waals surface area contributed by atoms with Crippen molar-refractivity contribution in [3.63, 3.8) is 0 Å². The first kappa shape index (κ1) is 13.6. The van der Waals surface area contributed by atoms with Crippen LogP contribution < -0.4 is 5.32 Å². The Bertz CT molecular complexity index is 376. The molecule has 0 fully saturated rings. The molecule has 0 amide bonds. The lowest BCUT2D eigenvalue weighted by atomic mass is 10.2. The molecule has 1 aromatic rings. The van der Waals surface area contributed by atoms with Crippen molar-refractivity contribution in [1.29, 1.82) is 0 Å². The van der Waals surface area contributed by atoms with Gasteiger partial charge < -0.3 is 10.4 Å². The van der Waals surface area contributed by atoms with Crippen LogP contribution in [-0.4, -0.2) is 38.9 Å². The lowest BCUT2D eigenvalue weighted by Gasteiger charge is -2.11. The van der Waals surface area contributed by atoms with Crippen molar-refractivity contribution >= 4 is 5.97 Å². The minimum atomic E-state index is -0.832. The molecule has 0 aromatic carbocycles. The fourth-order valence-electron chi connectivity index (χ4n) is 1.66. The topological polar surface area (TPSA) is 80.0 Å². The van der Waals surface area contributed by atoms with Gasteiger partial charge in [-0.3, -0.25) is 4.79 Å². The van der Waals surface area contributed by atoms with Crippen molar-refractivity contribution in [1.82, 2.24) is 20.1 Å². The highest BCUT2D eigenvalue weighted by atomic mass is 16.4. The van der Waals surface area contributed by atoms with E-state index in [9.17, 15) is 4.79 Å². The number of nitrogens with zero attached hydrogens (tertiary/aromatic N) is 3. The normalized spacial score (nSPS) is 12.6. The molecule has 6 nitrogen and oxygen atoms in total. The number of likely N-dealkylation sites (N-methyl/N-ethyl adjacent to an activating group) is 1. The van der Waals surface area contributed by atoms with Gasteiger partial charge in [-0.2, -0.15) is 5.10 Å². The van der Waals surface area contributed by atoms with E-state index in [1.165, 1.54) is 0 Å². The summed E-state index contributed by atoms with van der Waals surface area (Å²) in [7, 11) is 1.65. The Balaban J connectivity index is 2.67. The summed E-state index contributed by atoms with van der Waals surface area (Å²) in [5, 5.41) is 16.0. The Morgan fingerprint density at radius 2 is 2.18 bits per heavy atom. The van der Waals surface area contributed by atoms with Crippen molar-refractivity contribution in [3.8, 4) is 0 Å². The fraction of sp³-hybridized carbons (Fsp3) is 0.727. The second-order valence-corrected chi connectivity index (χ2v) is 3.84. The van der Waals surface area contributed by atoms with Crippen molar-refractivity contribution in [3.05, 3.63) is 11.6 Å². The number of rotatable bonds is 7. The molecule has 17 heavy (non-hydrogen) atoms. The molecule has 1 rings (SSSR count). The van der Waals surface area contributed by atoms with E-state index in [1.807, 2.05) is 18.5 Å². The van der Waals surface area contributed by atoms with Crippen LogP contribution in [0.5, 0.6) is 0 Å². The molecule has 6 heteroatoms. The SMILES string of the molecule is CCc1nc(CC)n(CCC(NC)C(=O)O)n1. The van der Waals surface area contributed by atoms with Gasteiger partial charge in [0, 0.05) is 19.4 Å². The lowest BCUT2D eigenvalue weighted by molar-refractivity contribution is -0.139. The molecular formula is C11H20N4O2. The average Bonchev–Trinajstić information content (AvgIpc) is 2.72. The van der Waals surface area contributed by atoms with Crippen LogP contribution in [0.1, 0.15) is 31.9 Å².